The van der Waals surface area contributed by atoms with Crippen molar-refractivity contribution < 1.29 is 13.3 Å². The van der Waals surface area contributed by atoms with E-state index in [1.165, 1.54) is 6.07 Å². The second kappa shape index (κ2) is 8.73. The molecule has 0 bridgehead atoms. The molecule has 0 amide bonds. The van der Waals surface area contributed by atoms with Crippen LogP contribution in [0.1, 0.15) is 12.0 Å². The highest BCUT2D eigenvalue weighted by atomic mass is 31.2. The van der Waals surface area contributed by atoms with Crippen LogP contribution in [0, 0.1) is 0 Å². The van der Waals surface area contributed by atoms with Crippen LogP contribution in [0.25, 0.3) is 22.0 Å². The quantitative estimate of drug-likeness (QED) is 0.284. The van der Waals surface area contributed by atoms with Crippen molar-refractivity contribution >= 4 is 34.1 Å². The minimum atomic E-state index is -3.50. The van der Waals surface area contributed by atoms with Gasteiger partial charge in [0.25, 0.3) is 6.43 Å². The molecule has 0 N–H and O–H groups in total. The molecule has 5 aromatic rings. The fourth-order valence-electron chi connectivity index (χ4n) is 4.08. The van der Waals surface area contributed by atoms with E-state index in [-0.39, 0.29) is 11.0 Å². The summed E-state index contributed by atoms with van der Waals surface area (Å²) in [6.45, 7) is 0. The molecule has 0 aliphatic heterocycles. The van der Waals surface area contributed by atoms with Gasteiger partial charge in [0.1, 0.15) is 5.44 Å². The SMILES string of the molecule is O=P(c1ccccc1)(c1ccc(-c2ccccc2)cc1)c1cc(C(F)F)c2ccccc2n1. The van der Waals surface area contributed by atoms with Crippen LogP contribution in [0.3, 0.4) is 0 Å². The Morgan fingerprint density at radius 2 is 1.18 bits per heavy atom. The van der Waals surface area contributed by atoms with Crippen LogP contribution in [0.2, 0.25) is 0 Å². The maximum absolute atomic E-state index is 14.8. The lowest BCUT2D eigenvalue weighted by molar-refractivity contribution is 0.153. The van der Waals surface area contributed by atoms with Crippen molar-refractivity contribution in [3.05, 3.63) is 121 Å². The number of rotatable bonds is 5. The van der Waals surface area contributed by atoms with E-state index in [0.717, 1.165) is 11.1 Å². The second-order valence-electron chi connectivity index (χ2n) is 7.75. The number of hydrogen-bond acceptors (Lipinski definition) is 2. The van der Waals surface area contributed by atoms with Gasteiger partial charge in [-0.2, -0.15) is 0 Å². The van der Waals surface area contributed by atoms with Gasteiger partial charge in [0.15, 0.2) is 7.14 Å². The van der Waals surface area contributed by atoms with Gasteiger partial charge in [0, 0.05) is 21.6 Å². The zero-order valence-electron chi connectivity index (χ0n) is 17.6. The number of benzene rings is 4. The molecule has 4 aromatic carbocycles. The summed E-state index contributed by atoms with van der Waals surface area (Å²) < 4.78 is 42.8. The molecule has 0 spiro atoms. The van der Waals surface area contributed by atoms with Gasteiger partial charge in [-0.3, -0.25) is 0 Å². The molecule has 0 fully saturated rings. The molecule has 0 aliphatic carbocycles. The van der Waals surface area contributed by atoms with Crippen LogP contribution >= 0.6 is 7.14 Å². The fraction of sp³-hybridized carbons (Fsp3) is 0.0357. The number of aromatic nitrogens is 1. The maximum Gasteiger partial charge on any atom is 0.264 e. The number of halogens is 2. The standard InChI is InChI=1S/C28H20F2NOP/c29-28(30)25-19-27(31-26-14-8-7-13-24(25)26)33(32,22-11-5-2-6-12-22)23-17-15-21(16-18-23)20-9-3-1-4-10-20/h1-19,28H. The van der Waals surface area contributed by atoms with Crippen molar-refractivity contribution in [1.82, 2.24) is 4.98 Å². The average Bonchev–Trinajstić information content (AvgIpc) is 2.88. The first-order valence-electron chi connectivity index (χ1n) is 10.6. The maximum atomic E-state index is 14.8. The van der Waals surface area contributed by atoms with E-state index in [0.29, 0.717) is 21.5 Å². The number of nitrogens with zero attached hydrogens (tertiary/aromatic N) is 1. The lowest BCUT2D eigenvalue weighted by atomic mass is 10.1. The summed E-state index contributed by atoms with van der Waals surface area (Å²) in [6, 6.07) is 34.4. The third kappa shape index (κ3) is 3.88. The minimum absolute atomic E-state index is 0.160. The summed E-state index contributed by atoms with van der Waals surface area (Å²) in [6.07, 6.45) is -2.71. The number of para-hydroxylation sites is 1. The highest BCUT2D eigenvalue weighted by molar-refractivity contribution is 7.85. The molecule has 1 atom stereocenters. The first-order chi connectivity index (χ1) is 16.1. The topological polar surface area (TPSA) is 30.0 Å². The van der Waals surface area contributed by atoms with Gasteiger partial charge in [-0.15, -0.1) is 0 Å². The van der Waals surface area contributed by atoms with Gasteiger partial charge in [-0.05, 0) is 23.3 Å². The zero-order valence-corrected chi connectivity index (χ0v) is 18.5. The Balaban J connectivity index is 1.73. The average molecular weight is 455 g/mol. The molecule has 33 heavy (non-hydrogen) atoms. The summed E-state index contributed by atoms with van der Waals surface area (Å²) in [7, 11) is -3.50. The zero-order chi connectivity index (χ0) is 22.8. The minimum Gasteiger partial charge on any atom is -0.307 e. The molecular formula is C28H20F2NOP. The Kier molecular flexibility index (Phi) is 5.62. The lowest BCUT2D eigenvalue weighted by Crippen LogP contribution is -2.27. The van der Waals surface area contributed by atoms with Gasteiger partial charge in [-0.1, -0.05) is 103 Å². The Morgan fingerprint density at radius 3 is 1.85 bits per heavy atom. The molecule has 162 valence electrons. The van der Waals surface area contributed by atoms with Crippen LogP contribution in [0.4, 0.5) is 8.78 Å². The van der Waals surface area contributed by atoms with Crippen molar-refractivity contribution in [1.29, 1.82) is 0 Å². The monoisotopic (exact) mass is 455 g/mol. The Bertz CT molecular complexity index is 1450. The van der Waals surface area contributed by atoms with Crippen molar-refractivity contribution in [2.75, 3.05) is 0 Å². The molecular weight excluding hydrogens is 435 g/mol. The fourth-order valence-corrected chi connectivity index (χ4v) is 6.63. The highest BCUT2D eigenvalue weighted by Gasteiger charge is 2.33. The van der Waals surface area contributed by atoms with Crippen LogP contribution in [-0.4, -0.2) is 4.98 Å². The number of pyridine rings is 1. The Hall–Kier alpha value is -3.62. The van der Waals surface area contributed by atoms with Gasteiger partial charge in [0.05, 0.1) is 5.52 Å². The van der Waals surface area contributed by atoms with Crippen LogP contribution in [-0.2, 0) is 4.57 Å². The molecule has 5 rings (SSSR count). The summed E-state index contributed by atoms with van der Waals surface area (Å²) in [5, 5.41) is 1.48. The molecule has 0 saturated carbocycles. The third-order valence-corrected chi connectivity index (χ3v) is 8.68. The number of fused-ring (bicyclic) bond motifs is 1. The van der Waals surface area contributed by atoms with E-state index < -0.39 is 13.6 Å². The molecule has 2 nitrogen and oxygen atoms in total. The van der Waals surface area contributed by atoms with Crippen molar-refractivity contribution in [2.45, 2.75) is 6.43 Å². The van der Waals surface area contributed by atoms with Crippen LogP contribution < -0.4 is 16.0 Å². The van der Waals surface area contributed by atoms with E-state index in [1.807, 2.05) is 60.7 Å². The largest absolute Gasteiger partial charge is 0.307 e. The molecule has 1 unspecified atom stereocenters. The van der Waals surface area contributed by atoms with E-state index in [4.69, 9.17) is 0 Å². The summed E-state index contributed by atoms with van der Waals surface area (Å²) in [4.78, 5) is 4.63. The lowest BCUT2D eigenvalue weighted by Gasteiger charge is -2.21. The summed E-state index contributed by atoms with van der Waals surface area (Å²) in [5.41, 5.74) is 2.44. The predicted octanol–water partition coefficient (Wildman–Crippen LogP) is 6.48. The van der Waals surface area contributed by atoms with Crippen molar-refractivity contribution in [3.8, 4) is 11.1 Å². The van der Waals surface area contributed by atoms with Gasteiger partial charge < -0.3 is 4.57 Å². The summed E-state index contributed by atoms with van der Waals surface area (Å²) in [5.74, 6) is 0. The first kappa shape index (κ1) is 21.2. The molecule has 0 saturated heterocycles. The predicted molar refractivity (Wildman–Crippen MR) is 132 cm³/mol. The molecule has 1 heterocycles. The number of alkyl halides is 2. The van der Waals surface area contributed by atoms with E-state index >= 15 is 0 Å². The first-order valence-corrected chi connectivity index (χ1v) is 12.3. The van der Waals surface area contributed by atoms with Crippen LogP contribution in [0.5, 0.6) is 0 Å². The Morgan fingerprint density at radius 1 is 0.636 bits per heavy atom. The van der Waals surface area contributed by atoms with Crippen molar-refractivity contribution in [3.63, 3.8) is 0 Å². The summed E-state index contributed by atoms with van der Waals surface area (Å²) >= 11 is 0. The normalized spacial score (nSPS) is 13.2. The van der Waals surface area contributed by atoms with Gasteiger partial charge in [-0.25, -0.2) is 13.8 Å². The Labute approximate surface area is 190 Å². The van der Waals surface area contributed by atoms with Crippen LogP contribution in [0.15, 0.2) is 115 Å². The van der Waals surface area contributed by atoms with Gasteiger partial charge in [0.2, 0.25) is 0 Å². The second-order valence-corrected chi connectivity index (χ2v) is 10.5. The van der Waals surface area contributed by atoms with E-state index in [1.54, 1.807) is 48.5 Å². The number of hydrogen-bond donors (Lipinski definition) is 0. The smallest absolute Gasteiger partial charge is 0.264 e. The third-order valence-electron chi connectivity index (χ3n) is 5.75. The molecule has 0 radical (unpaired) electrons. The highest BCUT2D eigenvalue weighted by Crippen LogP contribution is 2.43. The molecule has 5 heteroatoms. The molecule has 1 aromatic heterocycles. The molecule has 0 aliphatic rings. The van der Waals surface area contributed by atoms with E-state index in [2.05, 4.69) is 4.98 Å². The van der Waals surface area contributed by atoms with Gasteiger partial charge >= 0.3 is 0 Å². The van der Waals surface area contributed by atoms with Crippen molar-refractivity contribution in [2.24, 2.45) is 0 Å². The van der Waals surface area contributed by atoms with E-state index in [9.17, 15) is 13.3 Å².